The van der Waals surface area contributed by atoms with Crippen LogP contribution in [0.2, 0.25) is 0 Å². The van der Waals surface area contributed by atoms with Gasteiger partial charge in [0.2, 0.25) is 0 Å². The number of rotatable bonds is 2. The molecule has 104 valence electrons. The summed E-state index contributed by atoms with van der Waals surface area (Å²) >= 11 is 0. The van der Waals surface area contributed by atoms with Gasteiger partial charge in [0.1, 0.15) is 0 Å². The highest BCUT2D eigenvalue weighted by Crippen LogP contribution is 2.30. The van der Waals surface area contributed by atoms with Crippen molar-refractivity contribution >= 4 is 23.5 Å². The molecule has 2 amide bonds. The molecule has 0 unspecified atom stereocenters. The van der Waals surface area contributed by atoms with Gasteiger partial charge in [0.05, 0.1) is 28.6 Å². The third kappa shape index (κ3) is 1.88. The summed E-state index contributed by atoms with van der Waals surface area (Å²) in [5.74, 6) is -2.15. The Bertz CT molecular complexity index is 798. The fraction of sp³-hybridized carbons (Fsp3) is 0.0667. The van der Waals surface area contributed by atoms with Gasteiger partial charge in [-0.05, 0) is 36.8 Å². The molecule has 6 nitrogen and oxygen atoms in total. The maximum Gasteiger partial charge on any atom is 0.335 e. The summed E-state index contributed by atoms with van der Waals surface area (Å²) in [4.78, 5) is 40.7. The molecule has 1 aromatic carbocycles. The van der Waals surface area contributed by atoms with E-state index >= 15 is 0 Å². The third-order valence-corrected chi connectivity index (χ3v) is 3.39. The van der Waals surface area contributed by atoms with Crippen LogP contribution in [0.3, 0.4) is 0 Å². The predicted molar refractivity (Wildman–Crippen MR) is 73.5 cm³/mol. The third-order valence-electron chi connectivity index (χ3n) is 3.39. The van der Waals surface area contributed by atoms with Crippen molar-refractivity contribution in [1.29, 1.82) is 0 Å². The summed E-state index contributed by atoms with van der Waals surface area (Å²) in [6.07, 6.45) is 3.01. The first-order valence-corrected chi connectivity index (χ1v) is 6.17. The van der Waals surface area contributed by atoms with Gasteiger partial charge < -0.3 is 5.11 Å². The zero-order chi connectivity index (χ0) is 15.1. The molecular formula is C15H10N2O4. The van der Waals surface area contributed by atoms with E-state index in [1.807, 2.05) is 0 Å². The number of benzene rings is 1. The summed E-state index contributed by atoms with van der Waals surface area (Å²) < 4.78 is 0. The summed E-state index contributed by atoms with van der Waals surface area (Å²) in [5.41, 5.74) is 1.41. The molecule has 3 rings (SSSR count). The number of carboxylic acids is 1. The Balaban J connectivity index is 2.13. The van der Waals surface area contributed by atoms with E-state index < -0.39 is 17.8 Å². The quantitative estimate of drug-likeness (QED) is 0.850. The van der Waals surface area contributed by atoms with Crippen LogP contribution in [0.1, 0.15) is 36.6 Å². The van der Waals surface area contributed by atoms with Gasteiger partial charge in [-0.1, -0.05) is 0 Å². The maximum absolute atomic E-state index is 12.4. The van der Waals surface area contributed by atoms with Gasteiger partial charge in [0.15, 0.2) is 0 Å². The lowest BCUT2D eigenvalue weighted by atomic mass is 10.1. The number of aromatic nitrogens is 1. The topological polar surface area (TPSA) is 87.6 Å². The number of aryl methyl sites for hydroxylation is 1. The molecule has 2 aromatic rings. The largest absolute Gasteiger partial charge is 0.478 e. The van der Waals surface area contributed by atoms with Gasteiger partial charge in [-0.3, -0.25) is 14.6 Å². The van der Waals surface area contributed by atoms with Crippen LogP contribution in [-0.4, -0.2) is 27.9 Å². The second-order valence-electron chi connectivity index (χ2n) is 4.67. The van der Waals surface area contributed by atoms with E-state index in [-0.39, 0.29) is 16.7 Å². The SMILES string of the molecule is Cc1ccncc1N1C(=O)c2ccc(C(=O)O)cc2C1=O. The monoisotopic (exact) mass is 282 g/mol. The molecule has 0 aliphatic carbocycles. The molecule has 1 aliphatic heterocycles. The fourth-order valence-electron chi connectivity index (χ4n) is 2.28. The number of hydrogen-bond acceptors (Lipinski definition) is 4. The minimum absolute atomic E-state index is 0.0281. The first-order chi connectivity index (χ1) is 10.0. The summed E-state index contributed by atoms with van der Waals surface area (Å²) in [6, 6.07) is 5.60. The first-order valence-electron chi connectivity index (χ1n) is 6.17. The van der Waals surface area contributed by atoms with E-state index in [1.54, 1.807) is 19.2 Å². The highest BCUT2D eigenvalue weighted by molar-refractivity contribution is 6.34. The second-order valence-corrected chi connectivity index (χ2v) is 4.67. The van der Waals surface area contributed by atoms with E-state index in [9.17, 15) is 14.4 Å². The van der Waals surface area contributed by atoms with Crippen LogP contribution in [0.4, 0.5) is 5.69 Å². The van der Waals surface area contributed by atoms with Crippen molar-refractivity contribution in [3.8, 4) is 0 Å². The van der Waals surface area contributed by atoms with Crippen LogP contribution in [0.15, 0.2) is 36.7 Å². The first kappa shape index (κ1) is 13.0. The average molecular weight is 282 g/mol. The molecule has 0 saturated heterocycles. The Labute approximate surface area is 119 Å². The Morgan fingerprint density at radius 3 is 2.52 bits per heavy atom. The normalized spacial score (nSPS) is 13.5. The summed E-state index contributed by atoms with van der Waals surface area (Å²) in [5, 5.41) is 8.98. The van der Waals surface area contributed by atoms with Crippen molar-refractivity contribution < 1.29 is 19.5 Å². The molecule has 0 atom stereocenters. The Hall–Kier alpha value is -3.02. The van der Waals surface area contributed by atoms with Gasteiger partial charge in [0.25, 0.3) is 11.8 Å². The van der Waals surface area contributed by atoms with Crippen LogP contribution >= 0.6 is 0 Å². The number of hydrogen-bond donors (Lipinski definition) is 1. The Morgan fingerprint density at radius 1 is 1.14 bits per heavy atom. The molecular weight excluding hydrogens is 272 g/mol. The minimum atomic E-state index is -1.14. The van der Waals surface area contributed by atoms with Gasteiger partial charge in [-0.15, -0.1) is 0 Å². The maximum atomic E-state index is 12.4. The van der Waals surface area contributed by atoms with Crippen LogP contribution < -0.4 is 4.90 Å². The number of nitrogens with zero attached hydrogens (tertiary/aromatic N) is 2. The number of carbonyl (C=O) groups excluding carboxylic acids is 2. The standard InChI is InChI=1S/C15H10N2O4/c1-8-4-5-16-7-12(8)17-13(18)10-3-2-9(15(20)21)6-11(10)14(17)19/h2-7H,1H3,(H,20,21). The Morgan fingerprint density at radius 2 is 1.86 bits per heavy atom. The summed E-state index contributed by atoms with van der Waals surface area (Å²) in [7, 11) is 0. The molecule has 0 bridgehead atoms. The lowest BCUT2D eigenvalue weighted by molar-refractivity contribution is 0.0696. The highest BCUT2D eigenvalue weighted by Gasteiger charge is 2.37. The number of carbonyl (C=O) groups is 3. The van der Waals surface area contributed by atoms with E-state index in [0.717, 1.165) is 10.5 Å². The van der Waals surface area contributed by atoms with Gasteiger partial charge in [-0.2, -0.15) is 0 Å². The van der Waals surface area contributed by atoms with Crippen LogP contribution in [0, 0.1) is 6.92 Å². The van der Waals surface area contributed by atoms with E-state index in [4.69, 9.17) is 5.11 Å². The lowest BCUT2D eigenvalue weighted by Crippen LogP contribution is -2.30. The Kier molecular flexibility index (Phi) is 2.79. The number of amides is 2. The van der Waals surface area contributed by atoms with E-state index in [1.165, 1.54) is 24.4 Å². The molecule has 1 aromatic heterocycles. The molecule has 0 radical (unpaired) electrons. The number of anilines is 1. The van der Waals surface area contributed by atoms with Crippen LogP contribution in [0.25, 0.3) is 0 Å². The van der Waals surface area contributed by atoms with E-state index in [0.29, 0.717) is 5.69 Å². The highest BCUT2D eigenvalue weighted by atomic mass is 16.4. The van der Waals surface area contributed by atoms with E-state index in [2.05, 4.69) is 4.98 Å². The smallest absolute Gasteiger partial charge is 0.335 e. The molecule has 1 aliphatic rings. The minimum Gasteiger partial charge on any atom is -0.478 e. The molecule has 0 fully saturated rings. The number of fused-ring (bicyclic) bond motifs is 1. The number of imide groups is 1. The van der Waals surface area contributed by atoms with Crippen molar-refractivity contribution in [2.24, 2.45) is 0 Å². The second kappa shape index (κ2) is 4.52. The lowest BCUT2D eigenvalue weighted by Gasteiger charge is -2.15. The zero-order valence-corrected chi connectivity index (χ0v) is 11.0. The molecule has 21 heavy (non-hydrogen) atoms. The van der Waals surface area contributed by atoms with Crippen molar-refractivity contribution in [2.75, 3.05) is 4.90 Å². The van der Waals surface area contributed by atoms with Gasteiger partial charge in [-0.25, -0.2) is 9.69 Å². The molecule has 2 heterocycles. The molecule has 1 N–H and O–H groups in total. The summed E-state index contributed by atoms with van der Waals surface area (Å²) in [6.45, 7) is 1.77. The van der Waals surface area contributed by atoms with Crippen molar-refractivity contribution in [3.05, 3.63) is 58.9 Å². The zero-order valence-electron chi connectivity index (χ0n) is 11.0. The van der Waals surface area contributed by atoms with Crippen molar-refractivity contribution in [1.82, 2.24) is 4.98 Å². The molecule has 0 saturated carbocycles. The van der Waals surface area contributed by atoms with Crippen molar-refractivity contribution in [3.63, 3.8) is 0 Å². The molecule has 6 heteroatoms. The number of aromatic carboxylic acids is 1. The number of pyridine rings is 1. The number of carboxylic acid groups (broad SMARTS) is 1. The fourth-order valence-corrected chi connectivity index (χ4v) is 2.28. The molecule has 0 spiro atoms. The van der Waals surface area contributed by atoms with Gasteiger partial charge in [0, 0.05) is 6.20 Å². The van der Waals surface area contributed by atoms with Crippen LogP contribution in [0.5, 0.6) is 0 Å². The van der Waals surface area contributed by atoms with Crippen molar-refractivity contribution in [2.45, 2.75) is 6.92 Å². The average Bonchev–Trinajstić information content (AvgIpc) is 2.71. The van der Waals surface area contributed by atoms with Crippen LogP contribution in [-0.2, 0) is 0 Å². The van der Waals surface area contributed by atoms with Gasteiger partial charge >= 0.3 is 5.97 Å². The predicted octanol–water partition coefficient (Wildman–Crippen LogP) is 1.89.